The summed E-state index contributed by atoms with van der Waals surface area (Å²) >= 11 is 0. The molecule has 0 saturated carbocycles. The van der Waals surface area contributed by atoms with Gasteiger partial charge in [0.2, 0.25) is 0 Å². The van der Waals surface area contributed by atoms with Gasteiger partial charge < -0.3 is 44.6 Å². The van der Waals surface area contributed by atoms with E-state index in [1.165, 1.54) is 44.7 Å². The molecular formula is C46H56F2N12O7Si. The number of fused-ring (bicyclic) bond motifs is 4. The SMILES string of the molecule is COC[C@@H](NC(=O)c1c[nH]c2ncc(-c3nn(C)c4cc(F)ccc34)nc12)[C@H](C)O.COC[C@@H](NC(=O)c1cn(COCC[Si](C)(C)C)c2ncc(-c3nn(C)c4cc(F)ccc34)nc12)[C@H](C)O. The van der Waals surface area contributed by atoms with Crippen LogP contribution < -0.4 is 10.6 Å². The highest BCUT2D eigenvalue weighted by Gasteiger charge is 2.26. The minimum absolute atomic E-state index is 0.148. The van der Waals surface area contributed by atoms with Crippen LogP contribution in [0.2, 0.25) is 25.7 Å². The molecule has 0 aliphatic heterocycles. The first-order chi connectivity index (χ1) is 32.4. The molecule has 0 bridgehead atoms. The molecule has 4 atom stereocenters. The maximum absolute atomic E-state index is 13.8. The van der Waals surface area contributed by atoms with Crippen molar-refractivity contribution in [2.45, 2.75) is 70.6 Å². The second-order valence-electron chi connectivity index (χ2n) is 17.8. The number of H-pyrrole nitrogens is 1. The Kier molecular flexibility index (Phi) is 15.1. The molecule has 6 heterocycles. The van der Waals surface area contributed by atoms with Crippen LogP contribution in [0.5, 0.6) is 0 Å². The number of nitrogens with one attached hydrogen (secondary N) is 3. The number of carbonyl (C=O) groups excluding carboxylic acids is 2. The molecular weight excluding hydrogens is 899 g/mol. The van der Waals surface area contributed by atoms with Gasteiger partial charge in [-0.2, -0.15) is 10.2 Å². The second kappa shape index (κ2) is 20.8. The van der Waals surface area contributed by atoms with E-state index >= 15 is 0 Å². The van der Waals surface area contributed by atoms with Crippen molar-refractivity contribution in [3.8, 4) is 22.8 Å². The number of hydrogen-bond acceptors (Lipinski definition) is 13. The number of aliphatic hydroxyl groups excluding tert-OH is 2. The summed E-state index contributed by atoms with van der Waals surface area (Å²) in [6.45, 7) is 11.2. The Balaban J connectivity index is 0.000000207. The Morgan fingerprint density at radius 2 is 1.29 bits per heavy atom. The fourth-order valence-electron chi connectivity index (χ4n) is 7.44. The highest BCUT2D eigenvalue weighted by molar-refractivity contribution is 6.76. The number of rotatable bonds is 17. The normalized spacial score (nSPS) is 13.7. The van der Waals surface area contributed by atoms with Crippen LogP contribution >= 0.6 is 0 Å². The van der Waals surface area contributed by atoms with Gasteiger partial charge in [0.15, 0.2) is 11.3 Å². The zero-order valence-electron chi connectivity index (χ0n) is 39.3. The van der Waals surface area contributed by atoms with E-state index in [2.05, 4.69) is 60.4 Å². The largest absolute Gasteiger partial charge is 0.391 e. The maximum atomic E-state index is 13.8. The quantitative estimate of drug-likeness (QED) is 0.0574. The second-order valence-corrected chi connectivity index (χ2v) is 23.4. The Bertz CT molecular complexity index is 3090. The van der Waals surface area contributed by atoms with E-state index in [-0.39, 0.29) is 42.7 Å². The third-order valence-corrected chi connectivity index (χ3v) is 13.0. The fourth-order valence-corrected chi connectivity index (χ4v) is 8.20. The number of aryl methyl sites for hydroxylation is 2. The third-order valence-electron chi connectivity index (χ3n) is 11.3. The molecule has 2 amide bonds. The predicted molar refractivity (Wildman–Crippen MR) is 254 cm³/mol. The van der Waals surface area contributed by atoms with E-state index in [0.717, 1.165) is 16.8 Å². The summed E-state index contributed by atoms with van der Waals surface area (Å²) in [5, 5.41) is 36.0. The molecule has 360 valence electrons. The van der Waals surface area contributed by atoms with Crippen LogP contribution in [0.25, 0.3) is 66.9 Å². The summed E-state index contributed by atoms with van der Waals surface area (Å²) in [5.41, 5.74) is 5.45. The molecule has 68 heavy (non-hydrogen) atoms. The van der Waals surface area contributed by atoms with E-state index < -0.39 is 44.2 Å². The highest BCUT2D eigenvalue weighted by Crippen LogP contribution is 2.30. The Morgan fingerprint density at radius 3 is 1.81 bits per heavy atom. The van der Waals surface area contributed by atoms with Gasteiger partial charge in [-0.3, -0.25) is 19.0 Å². The lowest BCUT2D eigenvalue weighted by molar-refractivity contribution is 0.0661. The van der Waals surface area contributed by atoms with E-state index in [1.54, 1.807) is 72.6 Å². The average Bonchev–Trinajstić information content (AvgIpc) is 4.06. The Labute approximate surface area is 390 Å². The lowest BCUT2D eigenvalue weighted by Gasteiger charge is -2.20. The number of aliphatic hydroxyl groups is 2. The number of benzene rings is 2. The fraction of sp³-hybridized carbons (Fsp3) is 0.391. The van der Waals surface area contributed by atoms with Crippen molar-refractivity contribution in [2.24, 2.45) is 14.1 Å². The number of methoxy groups -OCH3 is 2. The number of amides is 2. The lowest BCUT2D eigenvalue weighted by atomic mass is 10.1. The summed E-state index contributed by atoms with van der Waals surface area (Å²) < 4.78 is 48.5. The van der Waals surface area contributed by atoms with Crippen molar-refractivity contribution in [1.29, 1.82) is 0 Å². The van der Waals surface area contributed by atoms with Crippen LogP contribution in [0.3, 0.4) is 0 Å². The van der Waals surface area contributed by atoms with Gasteiger partial charge in [0.1, 0.15) is 52.2 Å². The molecule has 22 heteroatoms. The van der Waals surface area contributed by atoms with Crippen LogP contribution in [-0.2, 0) is 35.0 Å². The summed E-state index contributed by atoms with van der Waals surface area (Å²) in [6.07, 6.45) is 4.71. The number of aromatic amines is 1. The van der Waals surface area contributed by atoms with Gasteiger partial charge >= 0.3 is 0 Å². The van der Waals surface area contributed by atoms with Crippen molar-refractivity contribution in [3.05, 3.63) is 83.9 Å². The van der Waals surface area contributed by atoms with Crippen molar-refractivity contribution in [3.63, 3.8) is 0 Å². The first-order valence-corrected chi connectivity index (χ1v) is 25.6. The minimum Gasteiger partial charge on any atom is -0.391 e. The van der Waals surface area contributed by atoms with Crippen molar-refractivity contribution < 1.29 is 42.8 Å². The smallest absolute Gasteiger partial charge is 0.255 e. The third kappa shape index (κ3) is 10.9. The highest BCUT2D eigenvalue weighted by atomic mass is 28.3. The van der Waals surface area contributed by atoms with Gasteiger partial charge in [-0.15, -0.1) is 0 Å². The molecule has 0 aliphatic carbocycles. The first kappa shape index (κ1) is 49.3. The molecule has 6 aromatic heterocycles. The molecule has 0 aliphatic rings. The molecule has 8 aromatic rings. The minimum atomic E-state index is -1.26. The maximum Gasteiger partial charge on any atom is 0.255 e. The van der Waals surface area contributed by atoms with E-state index in [4.69, 9.17) is 19.2 Å². The van der Waals surface area contributed by atoms with Crippen LogP contribution in [0.15, 0.2) is 61.2 Å². The summed E-state index contributed by atoms with van der Waals surface area (Å²) in [4.78, 5) is 47.4. The molecule has 0 unspecified atom stereocenters. The van der Waals surface area contributed by atoms with Gasteiger partial charge in [0, 0.05) is 66.2 Å². The zero-order valence-corrected chi connectivity index (χ0v) is 40.3. The van der Waals surface area contributed by atoms with Crippen LogP contribution in [0, 0.1) is 11.6 Å². The number of carbonyl (C=O) groups is 2. The molecule has 0 radical (unpaired) electrons. The van der Waals surface area contributed by atoms with Gasteiger partial charge in [-0.05, 0) is 56.3 Å². The van der Waals surface area contributed by atoms with Gasteiger partial charge in [0.25, 0.3) is 11.8 Å². The predicted octanol–water partition coefficient (Wildman–Crippen LogP) is 5.34. The van der Waals surface area contributed by atoms with Gasteiger partial charge in [-0.25, -0.2) is 28.7 Å². The number of nitrogens with zero attached hydrogens (tertiary/aromatic N) is 9. The molecule has 8 rings (SSSR count). The first-order valence-electron chi connectivity index (χ1n) is 21.9. The molecule has 0 spiro atoms. The summed E-state index contributed by atoms with van der Waals surface area (Å²) in [5.74, 6) is -1.55. The summed E-state index contributed by atoms with van der Waals surface area (Å²) in [6, 6.07) is 8.68. The molecule has 19 nitrogen and oxygen atoms in total. The van der Waals surface area contributed by atoms with Crippen molar-refractivity contribution >= 4 is 64.0 Å². The molecule has 0 saturated heterocycles. The molecule has 0 fully saturated rings. The van der Waals surface area contributed by atoms with Gasteiger partial charge in [-0.1, -0.05) is 19.6 Å². The molecule has 2 aromatic carbocycles. The van der Waals surface area contributed by atoms with E-state index in [0.29, 0.717) is 62.7 Å². The Hall–Kier alpha value is -6.56. The Morgan fingerprint density at radius 1 is 0.779 bits per heavy atom. The number of aromatic nitrogens is 10. The lowest BCUT2D eigenvalue weighted by Crippen LogP contribution is -2.45. The zero-order chi connectivity index (χ0) is 49.0. The van der Waals surface area contributed by atoms with Crippen molar-refractivity contribution in [1.82, 2.24) is 59.7 Å². The van der Waals surface area contributed by atoms with Gasteiger partial charge in [0.05, 0.1) is 72.1 Å². The standard InChI is InChI=1S/C26H35FN6O4Si.C20H21FN6O3/c1-16(34)21(14-36-3)30-26(35)19-13-33(15-37-9-10-38(4,5)6)25-24(19)29-20(12-28-25)23-18-8-7-17(27)11-22(18)32(2)31-23;1-10(28)15(9-30-3)25-20(29)13-7-22-19-18(13)24-14(8-23-19)17-12-5-4-11(21)6-16(12)27(2)26-17/h7-8,11-13,16,21,34H,9-10,14-15H2,1-6H3,(H,30,35);4-8,10,15,28H,9H2,1-3H3,(H,22,23)(H,25,29)/t16-,21+;10-,15+/m00/s1. The number of ether oxygens (including phenoxy) is 3. The van der Waals surface area contributed by atoms with Crippen LogP contribution in [-0.4, -0.2) is 137 Å². The average molecular weight is 955 g/mol. The summed E-state index contributed by atoms with van der Waals surface area (Å²) in [7, 11) is 5.19. The van der Waals surface area contributed by atoms with Crippen LogP contribution in [0.4, 0.5) is 8.78 Å². The monoisotopic (exact) mass is 954 g/mol. The molecule has 5 N–H and O–H groups in total. The van der Waals surface area contributed by atoms with E-state index in [9.17, 15) is 28.6 Å². The topological polar surface area (TPSA) is 234 Å². The van der Waals surface area contributed by atoms with Crippen molar-refractivity contribution in [2.75, 3.05) is 34.0 Å². The van der Waals surface area contributed by atoms with Crippen LogP contribution in [0.1, 0.15) is 34.6 Å². The van der Waals surface area contributed by atoms with E-state index in [1.807, 2.05) is 0 Å². The number of halogens is 2. The number of hydrogen-bond donors (Lipinski definition) is 5.